The fourth-order valence-electron chi connectivity index (χ4n) is 5.58. The molecule has 0 aromatic heterocycles. The lowest BCUT2D eigenvalue weighted by Gasteiger charge is -2.32. The van der Waals surface area contributed by atoms with E-state index in [0.717, 1.165) is 37.7 Å². The first-order valence-electron chi connectivity index (χ1n) is 15.7. The maximum absolute atomic E-state index is 13.7. The minimum atomic E-state index is -1.19. The average molecular weight is 616 g/mol. The molecule has 244 valence electrons. The Balaban J connectivity index is 1.72. The maximum atomic E-state index is 13.7. The normalized spacial score (nSPS) is 20.0. The summed E-state index contributed by atoms with van der Waals surface area (Å²) >= 11 is 0. The molecular formula is C32H49N5O7. The number of carbonyl (C=O) groups excluding carboxylic acids is 5. The van der Waals surface area contributed by atoms with E-state index in [1.807, 2.05) is 51.1 Å². The summed E-state index contributed by atoms with van der Waals surface area (Å²) < 4.78 is 11.4. The third-order valence-corrected chi connectivity index (χ3v) is 7.82. The molecule has 2 aliphatic rings. The summed E-state index contributed by atoms with van der Waals surface area (Å²) in [5.74, 6) is -1.71. The highest BCUT2D eigenvalue weighted by Crippen LogP contribution is 2.18. The SMILES string of the molecule is CC(OC(C)(C)C)[C@H](NC(=O)OCc1ccccc1)C(=O)N[C@@H](CNC1CCCCC1)C(=O)N[C@H](C=O)C[C@@H]1CCNC1=O. The first kappa shape index (κ1) is 35.0. The average Bonchev–Trinajstić information content (AvgIpc) is 3.40. The lowest BCUT2D eigenvalue weighted by atomic mass is 9.95. The number of aldehydes is 1. The Hall–Kier alpha value is -3.51. The second kappa shape index (κ2) is 17.1. The summed E-state index contributed by atoms with van der Waals surface area (Å²) in [6, 6.07) is 6.21. The molecule has 1 aromatic carbocycles. The van der Waals surface area contributed by atoms with E-state index in [1.54, 1.807) is 6.92 Å². The largest absolute Gasteiger partial charge is 0.445 e. The van der Waals surface area contributed by atoms with Gasteiger partial charge in [-0.3, -0.25) is 14.4 Å². The van der Waals surface area contributed by atoms with E-state index in [2.05, 4.69) is 26.6 Å². The molecule has 1 unspecified atom stereocenters. The first-order valence-corrected chi connectivity index (χ1v) is 15.7. The smallest absolute Gasteiger partial charge is 0.408 e. The van der Waals surface area contributed by atoms with Crippen LogP contribution in [0.4, 0.5) is 4.79 Å². The van der Waals surface area contributed by atoms with Gasteiger partial charge in [0.2, 0.25) is 17.7 Å². The van der Waals surface area contributed by atoms with Crippen molar-refractivity contribution in [3.8, 4) is 0 Å². The second-order valence-corrected chi connectivity index (χ2v) is 12.7. The number of hydrogen-bond donors (Lipinski definition) is 5. The van der Waals surface area contributed by atoms with E-state index < -0.39 is 47.7 Å². The molecule has 0 bridgehead atoms. The van der Waals surface area contributed by atoms with E-state index in [1.165, 1.54) is 0 Å². The monoisotopic (exact) mass is 615 g/mol. The van der Waals surface area contributed by atoms with Crippen LogP contribution < -0.4 is 26.6 Å². The molecule has 12 nitrogen and oxygen atoms in total. The summed E-state index contributed by atoms with van der Waals surface area (Å²) in [5, 5.41) is 14.2. The van der Waals surface area contributed by atoms with Crippen LogP contribution in [0.2, 0.25) is 0 Å². The lowest BCUT2D eigenvalue weighted by Crippen LogP contribution is -2.61. The van der Waals surface area contributed by atoms with Crippen molar-refractivity contribution in [1.82, 2.24) is 26.6 Å². The second-order valence-electron chi connectivity index (χ2n) is 12.7. The Morgan fingerprint density at radius 3 is 2.32 bits per heavy atom. The van der Waals surface area contributed by atoms with Crippen molar-refractivity contribution in [3.05, 3.63) is 35.9 Å². The third kappa shape index (κ3) is 11.9. The molecule has 12 heteroatoms. The molecule has 0 radical (unpaired) electrons. The number of amides is 4. The predicted octanol–water partition coefficient (Wildman–Crippen LogP) is 2.10. The fourth-order valence-corrected chi connectivity index (χ4v) is 5.58. The van der Waals surface area contributed by atoms with Crippen molar-refractivity contribution < 1.29 is 33.4 Å². The Bertz CT molecular complexity index is 1100. The highest BCUT2D eigenvalue weighted by Gasteiger charge is 2.35. The van der Waals surface area contributed by atoms with Crippen LogP contribution >= 0.6 is 0 Å². The standard InChI is InChI=1S/C32H49N5O7/c1-21(44-32(2,3)4)27(37-31(42)43-20-22-11-7-5-8-12-22)30(41)36-26(18-34-24-13-9-6-10-14-24)29(40)35-25(19-38)17-23-15-16-33-28(23)39/h5,7-8,11-12,19,21,23-27,34H,6,9-10,13-18,20H2,1-4H3,(H,33,39)(H,35,40)(H,36,41)(H,37,42)/t21?,23-,25-,26-,27-/m0/s1. The van der Waals surface area contributed by atoms with Gasteiger partial charge in [0.1, 0.15) is 25.0 Å². The van der Waals surface area contributed by atoms with Gasteiger partial charge < -0.3 is 40.9 Å². The van der Waals surface area contributed by atoms with Crippen LogP contribution in [0.15, 0.2) is 30.3 Å². The zero-order valence-electron chi connectivity index (χ0n) is 26.4. The van der Waals surface area contributed by atoms with Gasteiger partial charge in [-0.25, -0.2) is 4.79 Å². The molecule has 3 rings (SSSR count). The Kier molecular flexibility index (Phi) is 13.6. The molecule has 1 aliphatic carbocycles. The number of alkyl carbamates (subject to hydrolysis) is 1. The Morgan fingerprint density at radius 2 is 1.70 bits per heavy atom. The molecule has 0 spiro atoms. The molecule has 4 amide bonds. The van der Waals surface area contributed by atoms with Gasteiger partial charge in [0.05, 0.1) is 17.7 Å². The van der Waals surface area contributed by atoms with Gasteiger partial charge in [-0.05, 0) is 58.9 Å². The Morgan fingerprint density at radius 1 is 1.00 bits per heavy atom. The zero-order valence-corrected chi connectivity index (χ0v) is 26.4. The zero-order chi connectivity index (χ0) is 32.1. The Labute approximate surface area is 260 Å². The van der Waals surface area contributed by atoms with E-state index >= 15 is 0 Å². The van der Waals surface area contributed by atoms with Crippen molar-refractivity contribution in [2.24, 2.45) is 5.92 Å². The molecule has 1 heterocycles. The third-order valence-electron chi connectivity index (χ3n) is 7.82. The van der Waals surface area contributed by atoms with Crippen LogP contribution in [0, 0.1) is 5.92 Å². The van der Waals surface area contributed by atoms with Crippen LogP contribution in [0.25, 0.3) is 0 Å². The molecule has 44 heavy (non-hydrogen) atoms. The van der Waals surface area contributed by atoms with Crippen LogP contribution in [0.3, 0.4) is 0 Å². The summed E-state index contributed by atoms with van der Waals surface area (Å²) in [7, 11) is 0. The number of carbonyl (C=O) groups is 5. The number of nitrogens with one attached hydrogen (secondary N) is 5. The highest BCUT2D eigenvalue weighted by molar-refractivity contribution is 5.92. The van der Waals surface area contributed by atoms with Gasteiger partial charge in [0.25, 0.3) is 0 Å². The molecular weight excluding hydrogens is 566 g/mol. The van der Waals surface area contributed by atoms with Crippen LogP contribution in [0.5, 0.6) is 0 Å². The van der Waals surface area contributed by atoms with Crippen molar-refractivity contribution in [1.29, 1.82) is 0 Å². The molecule has 5 N–H and O–H groups in total. The minimum Gasteiger partial charge on any atom is -0.445 e. The number of ether oxygens (including phenoxy) is 2. The van der Waals surface area contributed by atoms with Crippen molar-refractivity contribution in [3.63, 3.8) is 0 Å². The van der Waals surface area contributed by atoms with Crippen molar-refractivity contribution in [2.75, 3.05) is 13.1 Å². The van der Waals surface area contributed by atoms with Gasteiger partial charge in [-0.1, -0.05) is 49.6 Å². The van der Waals surface area contributed by atoms with E-state index in [4.69, 9.17) is 9.47 Å². The minimum absolute atomic E-state index is 0.0119. The van der Waals surface area contributed by atoms with Gasteiger partial charge in [-0.2, -0.15) is 0 Å². The molecule has 1 saturated carbocycles. The quantitative estimate of drug-likeness (QED) is 0.187. The van der Waals surface area contributed by atoms with Crippen LogP contribution in [0.1, 0.15) is 78.2 Å². The van der Waals surface area contributed by atoms with Gasteiger partial charge in [-0.15, -0.1) is 0 Å². The summed E-state index contributed by atoms with van der Waals surface area (Å²) in [6.07, 6.45) is 5.03. The highest BCUT2D eigenvalue weighted by atomic mass is 16.6. The van der Waals surface area contributed by atoms with Gasteiger partial charge in [0.15, 0.2) is 0 Å². The van der Waals surface area contributed by atoms with Crippen molar-refractivity contribution in [2.45, 2.75) is 115 Å². The van der Waals surface area contributed by atoms with Crippen LogP contribution in [-0.2, 0) is 35.3 Å². The van der Waals surface area contributed by atoms with E-state index in [0.29, 0.717) is 19.3 Å². The summed E-state index contributed by atoms with van der Waals surface area (Å²) in [5.41, 5.74) is 0.157. The predicted molar refractivity (Wildman–Crippen MR) is 164 cm³/mol. The lowest BCUT2D eigenvalue weighted by molar-refractivity contribution is -0.135. The maximum Gasteiger partial charge on any atom is 0.408 e. The molecule has 1 aliphatic heterocycles. The molecule has 1 saturated heterocycles. The van der Waals surface area contributed by atoms with Crippen molar-refractivity contribution >= 4 is 30.1 Å². The van der Waals surface area contributed by atoms with E-state index in [-0.39, 0.29) is 37.4 Å². The summed E-state index contributed by atoms with van der Waals surface area (Å²) in [6.45, 7) is 7.83. The van der Waals surface area contributed by atoms with Crippen LogP contribution in [-0.4, -0.2) is 79.1 Å². The topological polar surface area (TPSA) is 164 Å². The number of benzene rings is 1. The van der Waals surface area contributed by atoms with Gasteiger partial charge in [0, 0.05) is 25.0 Å². The molecule has 1 aromatic rings. The molecule has 5 atom stereocenters. The van der Waals surface area contributed by atoms with E-state index in [9.17, 15) is 24.0 Å². The number of rotatable bonds is 15. The van der Waals surface area contributed by atoms with Gasteiger partial charge >= 0.3 is 6.09 Å². The molecule has 2 fully saturated rings. The first-order chi connectivity index (χ1) is 20.9. The summed E-state index contributed by atoms with van der Waals surface area (Å²) in [4.78, 5) is 64.0. The fraction of sp³-hybridized carbons (Fsp3) is 0.656. The number of hydrogen-bond acceptors (Lipinski definition) is 8.